The van der Waals surface area contributed by atoms with E-state index in [4.69, 9.17) is 4.11 Å². The molecular formula is C43H47FGeIrN4Si-2. The first-order chi connectivity index (χ1) is 24.7. The number of aromatic nitrogens is 4. The zero-order valence-corrected chi connectivity index (χ0v) is 36.3. The number of pyridine rings is 2. The first kappa shape index (κ1) is 35.8. The van der Waals surface area contributed by atoms with Gasteiger partial charge in [0, 0.05) is 48.4 Å². The maximum Gasteiger partial charge on any atom is 0 e. The molecule has 6 aromatic rings. The summed E-state index contributed by atoms with van der Waals surface area (Å²) in [6.07, 6.45) is 7.23. The monoisotopic (exact) mass is 936 g/mol. The van der Waals surface area contributed by atoms with Gasteiger partial charge in [0.15, 0.2) is 0 Å². The van der Waals surface area contributed by atoms with Crippen LogP contribution in [0.25, 0.3) is 44.8 Å². The summed E-state index contributed by atoms with van der Waals surface area (Å²) in [6.45, 7) is 10.8. The van der Waals surface area contributed by atoms with Crippen LogP contribution in [0, 0.1) is 24.8 Å². The van der Waals surface area contributed by atoms with E-state index >= 15 is 0 Å². The van der Waals surface area contributed by atoms with Crippen molar-refractivity contribution in [1.29, 1.82) is 0 Å². The van der Waals surface area contributed by atoms with Gasteiger partial charge in [-0.3, -0.25) is 0 Å². The first-order valence-corrected chi connectivity index (χ1v) is 27.7. The average Bonchev–Trinajstić information content (AvgIpc) is 3.11. The van der Waals surface area contributed by atoms with Crippen LogP contribution in [0.1, 0.15) is 36.0 Å². The number of hydrogen-bond donors (Lipinski definition) is 0. The number of aryl methyl sites for hydroxylation is 1. The smallest absolute Gasteiger partial charge is 0 e. The van der Waals surface area contributed by atoms with E-state index < -0.39 is 28.2 Å². The number of hydrogen-bond acceptors (Lipinski definition) is 4. The van der Waals surface area contributed by atoms with Crippen molar-refractivity contribution in [2.24, 2.45) is 0 Å². The second-order valence-electron chi connectivity index (χ2n) is 15.5. The topological polar surface area (TPSA) is 51.6 Å². The first-order valence-electron chi connectivity index (χ1n) is 18.3. The fourth-order valence-electron chi connectivity index (χ4n) is 5.38. The van der Waals surface area contributed by atoms with E-state index in [0.29, 0.717) is 11.3 Å². The van der Waals surface area contributed by atoms with E-state index in [0.717, 1.165) is 44.5 Å². The molecule has 3 aromatic carbocycles. The minimum atomic E-state index is -2.30. The summed E-state index contributed by atoms with van der Waals surface area (Å²) in [4.78, 5) is 18.2. The van der Waals surface area contributed by atoms with Crippen LogP contribution in [-0.2, 0) is 25.5 Å². The Morgan fingerprint density at radius 3 is 1.98 bits per heavy atom. The third-order valence-electron chi connectivity index (χ3n) is 8.34. The van der Waals surface area contributed by atoms with Crippen molar-refractivity contribution in [3.8, 4) is 44.8 Å². The van der Waals surface area contributed by atoms with Gasteiger partial charge in [-0.05, 0) is 51.8 Å². The van der Waals surface area contributed by atoms with Gasteiger partial charge < -0.3 is 4.98 Å². The third kappa shape index (κ3) is 10.3. The van der Waals surface area contributed by atoms with Gasteiger partial charge in [-0.25, -0.2) is 9.97 Å². The molecule has 1 radical (unpaired) electrons. The molecule has 0 atom stereocenters. The summed E-state index contributed by atoms with van der Waals surface area (Å²) in [6, 6.07) is 30.3. The average molecular weight is 935 g/mol. The second kappa shape index (κ2) is 16.4. The number of nitrogens with zero attached hydrogens (tertiary/aromatic N) is 4. The molecule has 0 saturated heterocycles. The molecule has 0 spiro atoms. The maximum atomic E-state index is 12.8. The Labute approximate surface area is 325 Å². The Hall–Kier alpha value is -3.62. The van der Waals surface area contributed by atoms with E-state index in [1.807, 2.05) is 67.1 Å². The predicted octanol–water partition coefficient (Wildman–Crippen LogP) is 10.1. The Balaban J connectivity index is 0.000000302. The van der Waals surface area contributed by atoms with Crippen molar-refractivity contribution in [1.82, 2.24) is 19.9 Å². The predicted molar refractivity (Wildman–Crippen MR) is 213 cm³/mol. The number of benzene rings is 3. The van der Waals surface area contributed by atoms with Gasteiger partial charge in [0.05, 0.1) is 0 Å². The molecule has 8 heteroatoms. The van der Waals surface area contributed by atoms with Crippen LogP contribution >= 0.6 is 0 Å². The van der Waals surface area contributed by atoms with Crippen molar-refractivity contribution in [2.75, 3.05) is 0 Å². The molecule has 51 heavy (non-hydrogen) atoms. The zero-order chi connectivity index (χ0) is 38.8. The van der Waals surface area contributed by atoms with Crippen LogP contribution < -0.4 is 9.84 Å². The summed E-state index contributed by atoms with van der Waals surface area (Å²) in [5.74, 6) is 6.73. The molecule has 3 aromatic heterocycles. The van der Waals surface area contributed by atoms with E-state index in [-0.39, 0.29) is 36.9 Å². The van der Waals surface area contributed by atoms with E-state index in [2.05, 4.69) is 102 Å². The van der Waals surface area contributed by atoms with Gasteiger partial charge in [0.2, 0.25) is 0 Å². The van der Waals surface area contributed by atoms with Crippen LogP contribution in [-0.4, -0.2) is 41.3 Å². The Kier molecular flexibility index (Phi) is 11.5. The molecule has 0 fully saturated rings. The van der Waals surface area contributed by atoms with Crippen molar-refractivity contribution < 1.29 is 28.6 Å². The number of halogens is 1. The molecule has 0 aliphatic heterocycles. The molecule has 0 saturated carbocycles. The van der Waals surface area contributed by atoms with Crippen LogP contribution in [0.2, 0.25) is 36.9 Å². The molecule has 3 heterocycles. The molecule has 0 N–H and O–H groups in total. The summed E-state index contributed by atoms with van der Waals surface area (Å²) in [5, 5.41) is 0. The van der Waals surface area contributed by atoms with E-state index in [1.165, 1.54) is 22.7 Å². The maximum absolute atomic E-state index is 12.8. The Morgan fingerprint density at radius 1 is 0.725 bits per heavy atom. The van der Waals surface area contributed by atoms with Crippen molar-refractivity contribution >= 4 is 31.2 Å². The summed E-state index contributed by atoms with van der Waals surface area (Å²) < 4.78 is 38.7. The fourth-order valence-corrected chi connectivity index (χ4v) is 8.46. The molecular weight excluding hydrogens is 884 g/mol. The van der Waals surface area contributed by atoms with Crippen molar-refractivity contribution in [2.45, 2.75) is 69.9 Å². The molecule has 6 rings (SSSR count). The van der Waals surface area contributed by atoms with Gasteiger partial charge >= 0.3 is 104 Å². The van der Waals surface area contributed by atoms with Crippen LogP contribution in [0.3, 0.4) is 0 Å². The standard InChI is InChI=1S/C29H32N3Si.C14H15FGeN.Ir/c1-20-17-30-27(21-11-9-8-10-12-21)16-25(20)24-14-13-22(15-26(24)29(2,3)4)23-18-31-28(32-19-23)33(5,6)7;1-16(2,3)13-8-9-14(17-10-13)11-4-6-12(15)7-5-11;/h8-11,13-19H,1-7H3;4,6-10H,1-3H3;/q2*-1;/i1D3;;. The van der Waals surface area contributed by atoms with Crippen LogP contribution in [0.15, 0.2) is 104 Å². The van der Waals surface area contributed by atoms with Gasteiger partial charge in [-0.2, -0.15) is 0 Å². The molecule has 0 amide bonds. The second-order valence-corrected chi connectivity index (χ2v) is 31.1. The SMILES string of the molecule is [2H]C([2H])([2H])c1cnc(-c2[c-]cccc2)cc1-c1ccc(-c2cnc([Si](C)(C)C)nc2)cc1C(C)(C)C.[CH3][Ge]([CH3])([CH3])[c]1ccc(-c2[c-]cc(F)cc2)nc1.[Ir]. The van der Waals surface area contributed by atoms with Gasteiger partial charge in [-0.1, -0.05) is 58.6 Å². The molecule has 265 valence electrons. The summed E-state index contributed by atoms with van der Waals surface area (Å²) >= 11 is -1.79. The molecule has 4 nitrogen and oxygen atoms in total. The minimum Gasteiger partial charge on any atom is 0 e. The molecule has 0 bridgehead atoms. The van der Waals surface area contributed by atoms with Gasteiger partial charge in [-0.15, -0.1) is 35.9 Å². The normalized spacial score (nSPS) is 12.8. The molecule has 0 aliphatic rings. The van der Waals surface area contributed by atoms with Crippen molar-refractivity contribution in [3.63, 3.8) is 0 Å². The van der Waals surface area contributed by atoms with E-state index in [9.17, 15) is 4.39 Å². The zero-order valence-electron chi connectivity index (χ0n) is 33.8. The molecule has 0 aliphatic carbocycles. The summed E-state index contributed by atoms with van der Waals surface area (Å²) in [5.41, 5.74) is 8.68. The fraction of sp³-hybridized carbons (Fsp3) is 0.256. The van der Waals surface area contributed by atoms with Crippen LogP contribution in [0.5, 0.6) is 0 Å². The number of rotatable bonds is 6. The summed E-state index contributed by atoms with van der Waals surface area (Å²) in [7, 11) is -1.59. The Bertz CT molecular complexity index is 2160. The van der Waals surface area contributed by atoms with Gasteiger partial charge in [0.1, 0.15) is 13.5 Å². The van der Waals surface area contributed by atoms with E-state index in [1.54, 1.807) is 6.07 Å². The third-order valence-corrected chi connectivity index (χ3v) is 14.2. The quantitative estimate of drug-likeness (QED) is 0.123. The largest absolute Gasteiger partial charge is 0 e. The van der Waals surface area contributed by atoms with Gasteiger partial charge in [0.25, 0.3) is 0 Å². The molecule has 0 unspecified atom stereocenters. The Morgan fingerprint density at radius 2 is 1.43 bits per heavy atom. The van der Waals surface area contributed by atoms with Crippen molar-refractivity contribution in [3.05, 3.63) is 133 Å². The minimum absolute atomic E-state index is 0. The van der Waals surface area contributed by atoms with Crippen LogP contribution in [0.4, 0.5) is 4.39 Å².